The molecular weight excluding hydrogens is 405 g/mol. The number of carbonyl (C=O) groups excluding carboxylic acids is 1. The van der Waals surface area contributed by atoms with Gasteiger partial charge in [-0.2, -0.15) is 0 Å². The molecule has 122 valence electrons. The van der Waals surface area contributed by atoms with Crippen LogP contribution in [0.4, 0.5) is 5.69 Å². The summed E-state index contributed by atoms with van der Waals surface area (Å²) in [6.45, 7) is 4.61. The van der Waals surface area contributed by atoms with Crippen molar-refractivity contribution in [3.05, 3.63) is 51.6 Å². The fourth-order valence-electron chi connectivity index (χ4n) is 1.93. The lowest BCUT2D eigenvalue weighted by atomic mass is 10.2. The molecule has 0 aliphatic carbocycles. The number of ether oxygens (including phenoxy) is 2. The van der Waals surface area contributed by atoms with E-state index in [9.17, 15) is 4.79 Å². The van der Waals surface area contributed by atoms with Crippen LogP contribution in [0.15, 0.2) is 42.5 Å². The third kappa shape index (κ3) is 5.74. The number of benzene rings is 2. The zero-order valence-electron chi connectivity index (χ0n) is 13.3. The molecule has 23 heavy (non-hydrogen) atoms. The number of amides is 1. The first kappa shape index (κ1) is 17.6. The van der Waals surface area contributed by atoms with Gasteiger partial charge in [0, 0.05) is 3.57 Å². The Bertz CT molecular complexity index is 656. The third-order valence-corrected chi connectivity index (χ3v) is 3.78. The Balaban J connectivity index is 1.95. The average molecular weight is 425 g/mol. The molecule has 0 unspecified atom stereocenters. The average Bonchev–Trinajstić information content (AvgIpc) is 2.54. The topological polar surface area (TPSA) is 47.6 Å². The quantitative estimate of drug-likeness (QED) is 0.669. The summed E-state index contributed by atoms with van der Waals surface area (Å²) in [6, 6.07) is 13.3. The smallest absolute Gasteiger partial charge is 0.262 e. The van der Waals surface area contributed by atoms with E-state index in [0.29, 0.717) is 23.8 Å². The third-order valence-electron chi connectivity index (χ3n) is 3.06. The molecule has 0 radical (unpaired) electrons. The standard InChI is InChI=1S/C18H20INO3/c1-3-10-22-17-11-13(2)4-9-16(17)20-18(21)12-23-15-7-5-14(19)6-8-15/h4-9,11H,3,10,12H2,1-2H3,(H,20,21). The number of rotatable bonds is 7. The van der Waals surface area contributed by atoms with Crippen LogP contribution in [-0.2, 0) is 4.79 Å². The van der Waals surface area contributed by atoms with Gasteiger partial charge in [-0.05, 0) is 77.9 Å². The lowest BCUT2D eigenvalue weighted by Gasteiger charge is -2.13. The van der Waals surface area contributed by atoms with Gasteiger partial charge in [-0.25, -0.2) is 0 Å². The van der Waals surface area contributed by atoms with E-state index in [-0.39, 0.29) is 12.5 Å². The first-order valence-corrected chi connectivity index (χ1v) is 8.58. The van der Waals surface area contributed by atoms with Crippen molar-refractivity contribution in [1.82, 2.24) is 0 Å². The summed E-state index contributed by atoms with van der Waals surface area (Å²) in [5, 5.41) is 2.84. The van der Waals surface area contributed by atoms with Crippen LogP contribution in [-0.4, -0.2) is 19.1 Å². The molecular formula is C18H20INO3. The van der Waals surface area contributed by atoms with Crippen molar-refractivity contribution in [1.29, 1.82) is 0 Å². The predicted molar refractivity (Wildman–Crippen MR) is 100 cm³/mol. The highest BCUT2D eigenvalue weighted by atomic mass is 127. The second kappa shape index (κ2) is 8.76. The van der Waals surface area contributed by atoms with Crippen molar-refractivity contribution in [2.75, 3.05) is 18.5 Å². The van der Waals surface area contributed by atoms with Crippen LogP contribution in [0.2, 0.25) is 0 Å². The number of halogens is 1. The summed E-state index contributed by atoms with van der Waals surface area (Å²) in [7, 11) is 0. The molecule has 0 aliphatic rings. The van der Waals surface area contributed by atoms with Gasteiger partial charge in [-0.1, -0.05) is 13.0 Å². The van der Waals surface area contributed by atoms with Crippen molar-refractivity contribution in [3.8, 4) is 11.5 Å². The van der Waals surface area contributed by atoms with Crippen LogP contribution in [0, 0.1) is 10.5 Å². The van der Waals surface area contributed by atoms with E-state index in [1.165, 1.54) is 0 Å². The first-order chi connectivity index (χ1) is 11.1. The second-order valence-corrected chi connectivity index (χ2v) is 6.38. The molecule has 1 N–H and O–H groups in total. The van der Waals surface area contributed by atoms with E-state index in [0.717, 1.165) is 15.6 Å². The number of hydrogen-bond acceptors (Lipinski definition) is 3. The molecule has 4 nitrogen and oxygen atoms in total. The van der Waals surface area contributed by atoms with Crippen LogP contribution in [0.25, 0.3) is 0 Å². The lowest BCUT2D eigenvalue weighted by Crippen LogP contribution is -2.20. The van der Waals surface area contributed by atoms with Crippen molar-refractivity contribution in [2.45, 2.75) is 20.3 Å². The van der Waals surface area contributed by atoms with Gasteiger partial charge in [0.2, 0.25) is 0 Å². The predicted octanol–water partition coefficient (Wildman–Crippen LogP) is 4.41. The maximum atomic E-state index is 12.1. The van der Waals surface area contributed by atoms with Gasteiger partial charge in [-0.3, -0.25) is 4.79 Å². The maximum Gasteiger partial charge on any atom is 0.262 e. The summed E-state index contributed by atoms with van der Waals surface area (Å²) in [5.41, 5.74) is 1.75. The van der Waals surface area contributed by atoms with Gasteiger partial charge in [0.15, 0.2) is 6.61 Å². The Kier molecular flexibility index (Phi) is 6.70. The summed E-state index contributed by atoms with van der Waals surface area (Å²) in [5.74, 6) is 1.15. The molecule has 0 fully saturated rings. The lowest BCUT2D eigenvalue weighted by molar-refractivity contribution is -0.118. The van der Waals surface area contributed by atoms with Gasteiger partial charge in [0.05, 0.1) is 12.3 Å². The number of anilines is 1. The summed E-state index contributed by atoms with van der Waals surface area (Å²) >= 11 is 2.22. The number of carbonyl (C=O) groups is 1. The molecule has 2 aromatic carbocycles. The van der Waals surface area contributed by atoms with Crippen LogP contribution in [0.3, 0.4) is 0 Å². The molecule has 2 rings (SSSR count). The van der Waals surface area contributed by atoms with E-state index < -0.39 is 0 Å². The molecule has 0 heterocycles. The Labute approximate surface area is 150 Å². The second-order valence-electron chi connectivity index (χ2n) is 5.14. The number of nitrogens with one attached hydrogen (secondary N) is 1. The molecule has 2 aromatic rings. The molecule has 0 spiro atoms. The Morgan fingerprint density at radius 2 is 1.87 bits per heavy atom. The van der Waals surface area contributed by atoms with Gasteiger partial charge < -0.3 is 14.8 Å². The fourth-order valence-corrected chi connectivity index (χ4v) is 2.29. The summed E-state index contributed by atoms with van der Waals surface area (Å²) in [6.07, 6.45) is 0.914. The van der Waals surface area contributed by atoms with E-state index >= 15 is 0 Å². The zero-order chi connectivity index (χ0) is 16.7. The highest BCUT2D eigenvalue weighted by Crippen LogP contribution is 2.26. The van der Waals surface area contributed by atoms with E-state index in [4.69, 9.17) is 9.47 Å². The fraction of sp³-hybridized carbons (Fsp3) is 0.278. The minimum atomic E-state index is -0.214. The minimum absolute atomic E-state index is 0.0400. The van der Waals surface area contributed by atoms with E-state index in [1.54, 1.807) is 0 Å². The molecule has 1 amide bonds. The SMILES string of the molecule is CCCOc1cc(C)ccc1NC(=O)COc1ccc(I)cc1. The van der Waals surface area contributed by atoms with Gasteiger partial charge in [0.1, 0.15) is 11.5 Å². The van der Waals surface area contributed by atoms with Crippen LogP contribution >= 0.6 is 22.6 Å². The molecule has 0 aromatic heterocycles. The highest BCUT2D eigenvalue weighted by Gasteiger charge is 2.09. The van der Waals surface area contributed by atoms with Crippen molar-refractivity contribution >= 4 is 34.2 Å². The Morgan fingerprint density at radius 3 is 2.57 bits per heavy atom. The van der Waals surface area contributed by atoms with Crippen molar-refractivity contribution in [3.63, 3.8) is 0 Å². The molecule has 0 saturated heterocycles. The van der Waals surface area contributed by atoms with Crippen molar-refractivity contribution < 1.29 is 14.3 Å². The molecule has 0 saturated carbocycles. The highest BCUT2D eigenvalue weighted by molar-refractivity contribution is 14.1. The normalized spacial score (nSPS) is 10.2. The van der Waals surface area contributed by atoms with Gasteiger partial charge in [0.25, 0.3) is 5.91 Å². The van der Waals surface area contributed by atoms with E-state index in [1.807, 2.05) is 56.3 Å². The van der Waals surface area contributed by atoms with Crippen molar-refractivity contribution in [2.24, 2.45) is 0 Å². The monoisotopic (exact) mass is 425 g/mol. The molecule has 5 heteroatoms. The van der Waals surface area contributed by atoms with Gasteiger partial charge >= 0.3 is 0 Å². The zero-order valence-corrected chi connectivity index (χ0v) is 15.4. The summed E-state index contributed by atoms with van der Waals surface area (Å²) < 4.78 is 12.3. The molecule has 0 bridgehead atoms. The Morgan fingerprint density at radius 1 is 1.13 bits per heavy atom. The largest absolute Gasteiger partial charge is 0.491 e. The van der Waals surface area contributed by atoms with Crippen LogP contribution in [0.5, 0.6) is 11.5 Å². The van der Waals surface area contributed by atoms with Crippen LogP contribution in [0.1, 0.15) is 18.9 Å². The van der Waals surface area contributed by atoms with Gasteiger partial charge in [-0.15, -0.1) is 0 Å². The Hall–Kier alpha value is -1.76. The first-order valence-electron chi connectivity index (χ1n) is 7.50. The van der Waals surface area contributed by atoms with Crippen LogP contribution < -0.4 is 14.8 Å². The maximum absolute atomic E-state index is 12.1. The molecule has 0 aliphatic heterocycles. The minimum Gasteiger partial charge on any atom is -0.491 e. The number of aryl methyl sites for hydroxylation is 1. The summed E-state index contributed by atoms with van der Waals surface area (Å²) in [4.78, 5) is 12.1. The molecule has 0 atom stereocenters. The number of hydrogen-bond donors (Lipinski definition) is 1. The van der Waals surface area contributed by atoms with E-state index in [2.05, 4.69) is 27.9 Å².